The maximum atomic E-state index is 13.1. The molecule has 2 amide bonds. The highest BCUT2D eigenvalue weighted by Crippen LogP contribution is 2.29. The Morgan fingerprint density at radius 3 is 1.97 bits per heavy atom. The largest absolute Gasteiger partial charge is 0.457 e. The predicted molar refractivity (Wildman–Crippen MR) is 143 cm³/mol. The molecule has 0 bridgehead atoms. The summed E-state index contributed by atoms with van der Waals surface area (Å²) in [6, 6.07) is 26.6. The van der Waals surface area contributed by atoms with Crippen LogP contribution in [-0.4, -0.2) is 34.2 Å². The molecule has 2 aromatic heterocycles. The van der Waals surface area contributed by atoms with Crippen molar-refractivity contribution in [2.24, 2.45) is 5.73 Å². The summed E-state index contributed by atoms with van der Waals surface area (Å²) in [7, 11) is 0. The molecule has 2 heterocycles. The molecule has 0 fully saturated rings. The van der Waals surface area contributed by atoms with E-state index in [-0.39, 0.29) is 29.8 Å². The molecule has 5 rings (SSSR count). The summed E-state index contributed by atoms with van der Waals surface area (Å²) in [6.45, 7) is -0.113. The van der Waals surface area contributed by atoms with Crippen LogP contribution in [0.1, 0.15) is 4.79 Å². The van der Waals surface area contributed by atoms with Gasteiger partial charge in [0.2, 0.25) is 5.91 Å². The first-order valence-electron chi connectivity index (χ1n) is 11.8. The number of nitrogens with two attached hydrogens (primary N) is 1. The van der Waals surface area contributed by atoms with E-state index in [1.165, 1.54) is 16.8 Å². The molecule has 0 unspecified atom stereocenters. The summed E-state index contributed by atoms with van der Waals surface area (Å²) in [4.78, 5) is 43.1. The molecular weight excluding hydrogens is 500 g/mol. The predicted octanol–water partition coefficient (Wildman–Crippen LogP) is 5.63. The minimum Gasteiger partial charge on any atom is -0.457 e. The third kappa shape index (κ3) is 5.76. The molecular formula is C29H22N4O6. The van der Waals surface area contributed by atoms with Gasteiger partial charge in [-0.2, -0.15) is 4.90 Å². The van der Waals surface area contributed by atoms with Crippen molar-refractivity contribution in [3.63, 3.8) is 0 Å². The molecule has 0 spiro atoms. The Kier molecular flexibility index (Phi) is 7.28. The van der Waals surface area contributed by atoms with Crippen molar-refractivity contribution in [3.05, 3.63) is 109 Å². The van der Waals surface area contributed by atoms with Crippen LogP contribution in [0.5, 0.6) is 23.0 Å². The molecule has 0 radical (unpaired) electrons. The van der Waals surface area contributed by atoms with Crippen LogP contribution >= 0.6 is 0 Å². The fraction of sp³-hybridized carbons (Fsp3) is 0.0345. The van der Waals surface area contributed by atoms with Gasteiger partial charge in [-0.15, -0.1) is 0 Å². The quantitative estimate of drug-likeness (QED) is 0.304. The second kappa shape index (κ2) is 11.3. The van der Waals surface area contributed by atoms with Crippen molar-refractivity contribution < 1.29 is 28.6 Å². The minimum atomic E-state index is -1.01. The van der Waals surface area contributed by atoms with Crippen LogP contribution in [0.4, 0.5) is 15.4 Å². The zero-order valence-electron chi connectivity index (χ0n) is 20.5. The van der Waals surface area contributed by atoms with E-state index in [1.54, 1.807) is 97.2 Å². The lowest BCUT2D eigenvalue weighted by atomic mass is 10.2. The summed E-state index contributed by atoms with van der Waals surface area (Å²) in [5.41, 5.74) is 6.17. The molecule has 5 aromatic rings. The van der Waals surface area contributed by atoms with Crippen molar-refractivity contribution in [1.29, 1.82) is 0 Å². The Bertz CT molecular complexity index is 1580. The second-order valence-corrected chi connectivity index (χ2v) is 8.15. The van der Waals surface area contributed by atoms with Gasteiger partial charge in [0.05, 0.1) is 12.1 Å². The van der Waals surface area contributed by atoms with Crippen LogP contribution in [-0.2, 0) is 0 Å². The minimum absolute atomic E-state index is 0.0739. The molecule has 0 aliphatic carbocycles. The number of amides is 2. The van der Waals surface area contributed by atoms with Crippen LogP contribution in [0.15, 0.2) is 109 Å². The topological polar surface area (TPSA) is 126 Å². The number of carbonyl (C=O) groups is 3. The first-order chi connectivity index (χ1) is 19.0. The number of hydrogen-bond acceptors (Lipinski definition) is 8. The maximum Gasteiger partial charge on any atom is 0.430 e. The van der Waals surface area contributed by atoms with E-state index in [0.29, 0.717) is 21.9 Å². The molecule has 0 saturated carbocycles. The Morgan fingerprint density at radius 2 is 1.36 bits per heavy atom. The van der Waals surface area contributed by atoms with Gasteiger partial charge in [-0.05, 0) is 54.6 Å². The van der Waals surface area contributed by atoms with Crippen molar-refractivity contribution in [3.8, 4) is 23.0 Å². The Balaban J connectivity index is 1.42. The zero-order valence-corrected chi connectivity index (χ0v) is 20.5. The van der Waals surface area contributed by atoms with Crippen LogP contribution in [0.3, 0.4) is 0 Å². The number of nitrogens with zero attached hydrogens (tertiary/aromatic N) is 3. The number of imide groups is 1. The summed E-state index contributed by atoms with van der Waals surface area (Å²) in [6.07, 6.45) is 0.999. The second-order valence-electron chi connectivity index (χ2n) is 8.15. The van der Waals surface area contributed by atoms with Gasteiger partial charge >= 0.3 is 12.2 Å². The molecule has 0 aliphatic heterocycles. The lowest BCUT2D eigenvalue weighted by molar-refractivity contribution is 0.0928. The first kappa shape index (κ1) is 25.2. The zero-order chi connectivity index (χ0) is 27.2. The SMILES string of the molecule is NCC(=O)n1ccc2cc(Oc3ccnc(N(C(=O)Oc4ccccc4)C(=O)Oc4ccccc4)c3)ccc21. The van der Waals surface area contributed by atoms with E-state index in [4.69, 9.17) is 19.9 Å². The number of rotatable bonds is 6. The fourth-order valence-electron chi connectivity index (χ4n) is 3.75. The number of ether oxygens (including phenoxy) is 3. The van der Waals surface area contributed by atoms with Gasteiger partial charge in [-0.25, -0.2) is 14.6 Å². The molecule has 10 nitrogen and oxygen atoms in total. The van der Waals surface area contributed by atoms with Crippen LogP contribution in [0.25, 0.3) is 10.9 Å². The maximum absolute atomic E-state index is 13.1. The van der Waals surface area contributed by atoms with Gasteiger partial charge in [0.15, 0.2) is 5.82 Å². The lowest BCUT2D eigenvalue weighted by Crippen LogP contribution is -2.41. The number of hydrogen-bond donors (Lipinski definition) is 1. The van der Waals surface area contributed by atoms with Crippen LogP contribution in [0, 0.1) is 0 Å². The van der Waals surface area contributed by atoms with Gasteiger partial charge in [-0.3, -0.25) is 9.36 Å². The van der Waals surface area contributed by atoms with Crippen molar-refractivity contribution in [2.45, 2.75) is 0 Å². The van der Waals surface area contributed by atoms with Gasteiger partial charge in [0.25, 0.3) is 0 Å². The number of pyridine rings is 1. The van der Waals surface area contributed by atoms with E-state index in [0.717, 1.165) is 5.39 Å². The average Bonchev–Trinajstić information content (AvgIpc) is 3.37. The average molecular weight is 523 g/mol. The van der Waals surface area contributed by atoms with Gasteiger partial charge in [-0.1, -0.05) is 36.4 Å². The van der Waals surface area contributed by atoms with E-state index >= 15 is 0 Å². The molecule has 0 saturated heterocycles. The van der Waals surface area contributed by atoms with Gasteiger partial charge in [0.1, 0.15) is 23.0 Å². The first-order valence-corrected chi connectivity index (χ1v) is 11.8. The summed E-state index contributed by atoms with van der Waals surface area (Å²) in [5.74, 6) is 0.920. The number of benzene rings is 3. The molecule has 10 heteroatoms. The molecule has 0 aliphatic rings. The van der Waals surface area contributed by atoms with E-state index < -0.39 is 12.2 Å². The number of para-hydroxylation sites is 2. The summed E-state index contributed by atoms with van der Waals surface area (Å²) >= 11 is 0. The standard InChI is InChI=1S/C29H22N4O6/c30-19-27(34)32-16-14-20-17-23(11-12-25(20)32)37-24-13-15-31-26(18-24)33(28(35)38-21-7-3-1-4-8-21)29(36)39-22-9-5-2-6-10-22/h1-18H,19,30H2. The van der Waals surface area contributed by atoms with E-state index in [1.807, 2.05) is 0 Å². The third-order valence-electron chi connectivity index (χ3n) is 5.55. The lowest BCUT2D eigenvalue weighted by Gasteiger charge is -2.19. The van der Waals surface area contributed by atoms with E-state index in [2.05, 4.69) is 4.98 Å². The Morgan fingerprint density at radius 1 is 0.744 bits per heavy atom. The van der Waals surface area contributed by atoms with Crippen molar-refractivity contribution in [2.75, 3.05) is 11.4 Å². The Labute approximate surface area is 222 Å². The highest BCUT2D eigenvalue weighted by atomic mass is 16.6. The number of fused-ring (bicyclic) bond motifs is 1. The van der Waals surface area contributed by atoms with Crippen LogP contribution in [0.2, 0.25) is 0 Å². The molecule has 2 N–H and O–H groups in total. The smallest absolute Gasteiger partial charge is 0.430 e. The summed E-state index contributed by atoms with van der Waals surface area (Å²) in [5, 5.41) is 0.767. The Hall–Kier alpha value is -5.48. The molecule has 194 valence electrons. The van der Waals surface area contributed by atoms with E-state index in [9.17, 15) is 14.4 Å². The van der Waals surface area contributed by atoms with Crippen LogP contribution < -0.4 is 24.8 Å². The van der Waals surface area contributed by atoms with Crippen molar-refractivity contribution in [1.82, 2.24) is 9.55 Å². The highest BCUT2D eigenvalue weighted by Gasteiger charge is 2.29. The molecule has 3 aromatic carbocycles. The summed E-state index contributed by atoms with van der Waals surface area (Å²) < 4.78 is 18.2. The monoisotopic (exact) mass is 522 g/mol. The normalized spacial score (nSPS) is 10.6. The molecule has 0 atom stereocenters. The van der Waals surface area contributed by atoms with Gasteiger partial charge < -0.3 is 19.9 Å². The number of anilines is 1. The number of carbonyl (C=O) groups excluding carboxylic acids is 3. The number of aromatic nitrogens is 2. The highest BCUT2D eigenvalue weighted by molar-refractivity contribution is 6.09. The van der Waals surface area contributed by atoms with Gasteiger partial charge in [0, 0.05) is 23.8 Å². The molecule has 39 heavy (non-hydrogen) atoms. The van der Waals surface area contributed by atoms with Crippen molar-refractivity contribution >= 4 is 34.8 Å². The fourth-order valence-corrected chi connectivity index (χ4v) is 3.75. The third-order valence-corrected chi connectivity index (χ3v) is 5.55.